The summed E-state index contributed by atoms with van der Waals surface area (Å²) >= 11 is 5.91. The summed E-state index contributed by atoms with van der Waals surface area (Å²) < 4.78 is 5.38. The van der Waals surface area contributed by atoms with Crippen LogP contribution >= 0.6 is 11.6 Å². The fourth-order valence-electron chi connectivity index (χ4n) is 3.63. The van der Waals surface area contributed by atoms with Crippen LogP contribution in [0.4, 0.5) is 11.4 Å². The van der Waals surface area contributed by atoms with Gasteiger partial charge in [-0.3, -0.25) is 19.8 Å². The molecule has 1 aromatic heterocycles. The first-order valence-corrected chi connectivity index (χ1v) is 10.9. The average Bonchev–Trinajstić information content (AvgIpc) is 3.28. The molecular weight excluding hydrogens is 448 g/mol. The summed E-state index contributed by atoms with van der Waals surface area (Å²) in [5, 5.41) is 18.7. The number of nitrogens with one attached hydrogen (secondary N) is 1. The van der Waals surface area contributed by atoms with E-state index in [-0.39, 0.29) is 18.0 Å². The van der Waals surface area contributed by atoms with Gasteiger partial charge in [0.2, 0.25) is 17.6 Å². The maximum atomic E-state index is 12.5. The summed E-state index contributed by atoms with van der Waals surface area (Å²) in [7, 11) is 0. The van der Waals surface area contributed by atoms with Gasteiger partial charge in [0.25, 0.3) is 5.69 Å². The largest absolute Gasteiger partial charge is 0.379 e. The Morgan fingerprint density at radius 2 is 1.85 bits per heavy atom. The van der Waals surface area contributed by atoms with Crippen molar-refractivity contribution in [3.05, 3.63) is 69.6 Å². The molecule has 1 aliphatic heterocycles. The minimum Gasteiger partial charge on any atom is -0.379 e. The van der Waals surface area contributed by atoms with Gasteiger partial charge in [-0.25, -0.2) is 0 Å². The molecule has 3 aromatic rings. The number of carbonyl (C=O) groups is 1. The fourth-order valence-corrected chi connectivity index (χ4v) is 3.75. The Hall–Kier alpha value is -3.50. The number of nitrogens with zero attached hydrogens (tertiary/aromatic N) is 5. The van der Waals surface area contributed by atoms with Crippen molar-refractivity contribution in [3.8, 4) is 11.4 Å². The molecule has 172 valence electrons. The lowest BCUT2D eigenvalue weighted by molar-refractivity contribution is -0.384. The first-order valence-electron chi connectivity index (χ1n) is 10.6. The third kappa shape index (κ3) is 5.85. The highest BCUT2D eigenvalue weighted by molar-refractivity contribution is 6.30. The number of aromatic nitrogens is 2. The van der Waals surface area contributed by atoms with E-state index in [1.807, 2.05) is 17.0 Å². The van der Waals surface area contributed by atoms with Gasteiger partial charge in [-0.2, -0.15) is 4.98 Å². The van der Waals surface area contributed by atoms with Crippen LogP contribution in [0.25, 0.3) is 11.4 Å². The number of nitro benzene ring substituents is 1. The monoisotopic (exact) mass is 470 g/mol. The predicted octanol–water partition coefficient (Wildman–Crippen LogP) is 3.44. The van der Waals surface area contributed by atoms with E-state index in [0.29, 0.717) is 61.7 Å². The highest BCUT2D eigenvalue weighted by Crippen LogP contribution is 2.23. The Bertz CT molecular complexity index is 1110. The van der Waals surface area contributed by atoms with E-state index in [9.17, 15) is 14.9 Å². The molecule has 2 heterocycles. The molecule has 0 unspecified atom stereocenters. The molecule has 10 nitrogen and oxygen atoms in total. The Morgan fingerprint density at radius 3 is 2.58 bits per heavy atom. The SMILES string of the molecule is O=C(CCNc1ccccc1[N+](=O)[O-])N1CCN(Cc2nc(-c3ccc(Cl)cc3)no2)CC1. The minimum absolute atomic E-state index is 0.00110. The van der Waals surface area contributed by atoms with Crippen molar-refractivity contribution in [1.82, 2.24) is 19.9 Å². The van der Waals surface area contributed by atoms with Crippen LogP contribution in [0.1, 0.15) is 12.3 Å². The average molecular weight is 471 g/mol. The van der Waals surface area contributed by atoms with E-state index in [2.05, 4.69) is 20.4 Å². The van der Waals surface area contributed by atoms with Crippen LogP contribution in [-0.2, 0) is 11.3 Å². The number of hydrogen-bond acceptors (Lipinski definition) is 8. The van der Waals surface area contributed by atoms with Crippen molar-refractivity contribution in [2.75, 3.05) is 38.0 Å². The van der Waals surface area contributed by atoms with Gasteiger partial charge < -0.3 is 14.7 Å². The standard InChI is InChI=1S/C22H23ClN6O4/c23-17-7-5-16(6-8-17)22-25-20(33-26-22)15-27-11-13-28(14-12-27)21(30)9-10-24-18-3-1-2-4-19(18)29(31)32/h1-8,24H,9-15H2. The Kier molecular flexibility index (Phi) is 7.16. The van der Waals surface area contributed by atoms with E-state index in [4.69, 9.17) is 16.1 Å². The van der Waals surface area contributed by atoms with Crippen molar-refractivity contribution in [2.45, 2.75) is 13.0 Å². The van der Waals surface area contributed by atoms with Crippen molar-refractivity contribution < 1.29 is 14.2 Å². The summed E-state index contributed by atoms with van der Waals surface area (Å²) in [5.74, 6) is 1.05. The molecule has 0 radical (unpaired) electrons. The number of hydrogen-bond donors (Lipinski definition) is 1. The highest BCUT2D eigenvalue weighted by Gasteiger charge is 2.23. The number of amides is 1. The quantitative estimate of drug-likeness (QED) is 0.393. The van der Waals surface area contributed by atoms with Crippen molar-refractivity contribution in [2.24, 2.45) is 0 Å². The molecule has 11 heteroatoms. The number of piperazine rings is 1. The van der Waals surface area contributed by atoms with Crippen molar-refractivity contribution >= 4 is 28.9 Å². The van der Waals surface area contributed by atoms with Crippen LogP contribution in [0.15, 0.2) is 53.1 Å². The molecule has 2 aromatic carbocycles. The summed E-state index contributed by atoms with van der Waals surface area (Å²) in [6.07, 6.45) is 0.264. The van der Waals surface area contributed by atoms with E-state index in [1.165, 1.54) is 6.07 Å². The van der Waals surface area contributed by atoms with E-state index >= 15 is 0 Å². The normalized spacial score (nSPS) is 14.3. The first kappa shape index (κ1) is 22.7. The Balaban J connectivity index is 1.22. The second-order valence-electron chi connectivity index (χ2n) is 7.63. The van der Waals surface area contributed by atoms with Crippen LogP contribution in [0.2, 0.25) is 5.02 Å². The topological polar surface area (TPSA) is 118 Å². The van der Waals surface area contributed by atoms with E-state index in [1.54, 1.807) is 30.3 Å². The second kappa shape index (κ2) is 10.4. The number of benzene rings is 2. The molecule has 1 saturated heterocycles. The molecule has 0 spiro atoms. The zero-order valence-electron chi connectivity index (χ0n) is 17.8. The van der Waals surface area contributed by atoms with E-state index in [0.717, 1.165) is 5.56 Å². The van der Waals surface area contributed by atoms with Crippen LogP contribution in [0, 0.1) is 10.1 Å². The second-order valence-corrected chi connectivity index (χ2v) is 8.06. The van der Waals surface area contributed by atoms with Crippen molar-refractivity contribution in [1.29, 1.82) is 0 Å². The first-order chi connectivity index (χ1) is 16.0. The van der Waals surface area contributed by atoms with Crippen molar-refractivity contribution in [3.63, 3.8) is 0 Å². The summed E-state index contributed by atoms with van der Waals surface area (Å²) in [4.78, 5) is 31.6. The molecular formula is C22H23ClN6O4. The zero-order chi connectivity index (χ0) is 23.2. The molecule has 1 amide bonds. The van der Waals surface area contributed by atoms with Crippen LogP contribution in [0.5, 0.6) is 0 Å². The molecule has 4 rings (SSSR count). The lowest BCUT2D eigenvalue weighted by Gasteiger charge is -2.34. The van der Waals surface area contributed by atoms with Gasteiger partial charge in [0.1, 0.15) is 5.69 Å². The Labute approximate surface area is 195 Å². The number of carbonyl (C=O) groups excluding carboxylic acids is 1. The third-order valence-electron chi connectivity index (χ3n) is 5.41. The van der Waals surface area contributed by atoms with Crippen LogP contribution in [0.3, 0.4) is 0 Å². The number of halogens is 1. The fraction of sp³-hybridized carbons (Fsp3) is 0.318. The van der Waals surface area contributed by atoms with Gasteiger partial charge in [0.15, 0.2) is 0 Å². The summed E-state index contributed by atoms with van der Waals surface area (Å²) in [6, 6.07) is 13.6. The van der Waals surface area contributed by atoms with Crippen LogP contribution < -0.4 is 5.32 Å². The third-order valence-corrected chi connectivity index (χ3v) is 5.66. The predicted molar refractivity (Wildman–Crippen MR) is 123 cm³/mol. The van der Waals surface area contributed by atoms with Gasteiger partial charge in [0, 0.05) is 55.8 Å². The highest BCUT2D eigenvalue weighted by atomic mass is 35.5. The maximum absolute atomic E-state index is 12.5. The molecule has 0 bridgehead atoms. The van der Waals surface area contributed by atoms with Gasteiger partial charge >= 0.3 is 0 Å². The molecule has 0 saturated carbocycles. The number of anilines is 1. The zero-order valence-corrected chi connectivity index (χ0v) is 18.6. The lowest BCUT2D eigenvalue weighted by Crippen LogP contribution is -2.48. The summed E-state index contributed by atoms with van der Waals surface area (Å²) in [5.41, 5.74) is 1.25. The maximum Gasteiger partial charge on any atom is 0.292 e. The molecule has 1 N–H and O–H groups in total. The van der Waals surface area contributed by atoms with Crippen LogP contribution in [-0.4, -0.2) is 63.5 Å². The molecule has 0 aliphatic carbocycles. The Morgan fingerprint density at radius 1 is 1.12 bits per heavy atom. The summed E-state index contributed by atoms with van der Waals surface area (Å²) in [6.45, 7) is 3.44. The minimum atomic E-state index is -0.439. The lowest BCUT2D eigenvalue weighted by atomic mass is 10.2. The van der Waals surface area contributed by atoms with E-state index < -0.39 is 4.92 Å². The number of para-hydroxylation sites is 2. The van der Waals surface area contributed by atoms with Gasteiger partial charge in [0.05, 0.1) is 11.5 Å². The molecule has 0 atom stereocenters. The number of nitro groups is 1. The van der Waals surface area contributed by atoms with Gasteiger partial charge in [-0.1, -0.05) is 28.9 Å². The molecule has 33 heavy (non-hydrogen) atoms. The smallest absolute Gasteiger partial charge is 0.292 e. The molecule has 1 aliphatic rings. The number of rotatable bonds is 8. The molecule has 1 fully saturated rings. The van der Waals surface area contributed by atoms with Gasteiger partial charge in [-0.05, 0) is 30.3 Å². The van der Waals surface area contributed by atoms with Gasteiger partial charge in [-0.15, -0.1) is 0 Å².